The summed E-state index contributed by atoms with van der Waals surface area (Å²) in [6.45, 7) is 2.57. The van der Waals surface area contributed by atoms with Gasteiger partial charge in [-0.15, -0.1) is 5.10 Å². The summed E-state index contributed by atoms with van der Waals surface area (Å²) in [5.41, 5.74) is 3.44. The summed E-state index contributed by atoms with van der Waals surface area (Å²) >= 11 is 0. The van der Waals surface area contributed by atoms with Crippen LogP contribution in [0.1, 0.15) is 18.1 Å². The number of hydrogen-bond acceptors (Lipinski definition) is 5. The van der Waals surface area contributed by atoms with Gasteiger partial charge in [-0.05, 0) is 36.6 Å². The third-order valence-corrected chi connectivity index (χ3v) is 4.31. The molecule has 0 saturated carbocycles. The van der Waals surface area contributed by atoms with Crippen LogP contribution in [0.5, 0.6) is 0 Å². The topological polar surface area (TPSA) is 68.5 Å². The van der Waals surface area contributed by atoms with Crippen molar-refractivity contribution in [2.24, 2.45) is 0 Å². The summed E-state index contributed by atoms with van der Waals surface area (Å²) in [6.07, 6.45) is 2.38. The van der Waals surface area contributed by atoms with E-state index in [-0.39, 0.29) is 11.9 Å². The number of rotatable bonds is 6. The Bertz CT molecular complexity index is 1030. The Labute approximate surface area is 156 Å². The fraction of sp³-hybridized carbons (Fsp3) is 0.200. The maximum atomic E-state index is 13.1. The molecule has 0 aliphatic rings. The lowest BCUT2D eigenvalue weighted by Crippen LogP contribution is -2.19. The zero-order valence-electron chi connectivity index (χ0n) is 14.9. The molecule has 0 radical (unpaired) electrons. The lowest BCUT2D eigenvalue weighted by Gasteiger charge is -2.14. The molecule has 4 aromatic rings. The first-order valence-electron chi connectivity index (χ1n) is 8.78. The molecule has 27 heavy (non-hydrogen) atoms. The Morgan fingerprint density at radius 2 is 1.78 bits per heavy atom. The third-order valence-electron chi connectivity index (χ3n) is 4.31. The van der Waals surface area contributed by atoms with Crippen LogP contribution in [0.2, 0.25) is 0 Å². The third kappa shape index (κ3) is 3.92. The molecular weight excluding hydrogens is 343 g/mol. The van der Waals surface area contributed by atoms with Gasteiger partial charge in [-0.2, -0.15) is 0 Å². The van der Waals surface area contributed by atoms with Gasteiger partial charge in [0.05, 0.1) is 6.54 Å². The molecule has 0 fully saturated rings. The Balaban J connectivity index is 1.54. The number of nitrogens with one attached hydrogen (secondary N) is 1. The number of aromatic nitrogens is 5. The fourth-order valence-corrected chi connectivity index (χ4v) is 3.02. The van der Waals surface area contributed by atoms with Gasteiger partial charge in [0, 0.05) is 6.04 Å². The van der Waals surface area contributed by atoms with E-state index in [9.17, 15) is 4.39 Å². The Hall–Kier alpha value is -3.35. The van der Waals surface area contributed by atoms with Crippen molar-refractivity contribution in [1.29, 1.82) is 0 Å². The van der Waals surface area contributed by atoms with Crippen molar-refractivity contribution in [2.75, 3.05) is 5.32 Å². The lowest BCUT2D eigenvalue weighted by molar-refractivity contribution is 0.623. The molecule has 136 valence electrons. The molecule has 0 bridgehead atoms. The molecule has 7 heteroatoms. The Morgan fingerprint density at radius 3 is 2.56 bits per heavy atom. The molecule has 2 heterocycles. The standard InChI is InChI=1S/C20H19FN6/c1-14(11-15-5-3-2-4-6-15)24-19-18-20(23-13-22-19)27(26-25-18)12-16-7-9-17(21)10-8-16/h2-10,13-14H,11-12H2,1H3,(H,22,23,24)/t14-/m0/s1. The van der Waals surface area contributed by atoms with Gasteiger partial charge in [0.25, 0.3) is 0 Å². The number of benzene rings is 2. The van der Waals surface area contributed by atoms with Crippen molar-refractivity contribution in [1.82, 2.24) is 25.0 Å². The summed E-state index contributed by atoms with van der Waals surface area (Å²) in [6, 6.07) is 16.8. The molecule has 2 aromatic carbocycles. The van der Waals surface area contributed by atoms with Crippen LogP contribution >= 0.6 is 0 Å². The van der Waals surface area contributed by atoms with Gasteiger partial charge in [-0.1, -0.05) is 47.7 Å². The van der Waals surface area contributed by atoms with Crippen molar-refractivity contribution in [3.05, 3.63) is 77.9 Å². The van der Waals surface area contributed by atoms with Crippen molar-refractivity contribution in [2.45, 2.75) is 25.9 Å². The highest BCUT2D eigenvalue weighted by atomic mass is 19.1. The van der Waals surface area contributed by atoms with E-state index in [0.29, 0.717) is 23.5 Å². The first kappa shape index (κ1) is 17.1. The Kier molecular flexibility index (Phi) is 4.74. The minimum Gasteiger partial charge on any atom is -0.365 e. The van der Waals surface area contributed by atoms with Crippen LogP contribution in [0, 0.1) is 5.82 Å². The van der Waals surface area contributed by atoms with E-state index >= 15 is 0 Å². The van der Waals surface area contributed by atoms with Crippen LogP contribution in [0.3, 0.4) is 0 Å². The molecule has 6 nitrogen and oxygen atoms in total. The zero-order chi connectivity index (χ0) is 18.6. The van der Waals surface area contributed by atoms with E-state index in [2.05, 4.69) is 44.7 Å². The van der Waals surface area contributed by atoms with E-state index in [0.717, 1.165) is 12.0 Å². The molecule has 0 aliphatic heterocycles. The predicted molar refractivity (Wildman–Crippen MR) is 102 cm³/mol. The molecule has 1 N–H and O–H groups in total. The van der Waals surface area contributed by atoms with Gasteiger partial charge in [0.1, 0.15) is 12.1 Å². The molecule has 0 spiro atoms. The summed E-state index contributed by atoms with van der Waals surface area (Å²) < 4.78 is 14.8. The molecule has 0 unspecified atom stereocenters. The van der Waals surface area contributed by atoms with Crippen LogP contribution in [-0.4, -0.2) is 31.0 Å². The summed E-state index contributed by atoms with van der Waals surface area (Å²) in [7, 11) is 0. The zero-order valence-corrected chi connectivity index (χ0v) is 14.9. The average molecular weight is 362 g/mol. The van der Waals surface area contributed by atoms with Gasteiger partial charge in [0.15, 0.2) is 17.0 Å². The van der Waals surface area contributed by atoms with Gasteiger partial charge in [0.2, 0.25) is 0 Å². The average Bonchev–Trinajstić information content (AvgIpc) is 3.08. The summed E-state index contributed by atoms with van der Waals surface area (Å²) in [5.74, 6) is 0.400. The first-order valence-corrected chi connectivity index (χ1v) is 8.78. The highest BCUT2D eigenvalue weighted by molar-refractivity contribution is 5.82. The lowest BCUT2D eigenvalue weighted by atomic mass is 10.1. The van der Waals surface area contributed by atoms with Crippen LogP contribution in [0.25, 0.3) is 11.2 Å². The summed E-state index contributed by atoms with van der Waals surface area (Å²) in [5, 5.41) is 11.8. The fourth-order valence-electron chi connectivity index (χ4n) is 3.02. The molecule has 0 amide bonds. The van der Waals surface area contributed by atoms with E-state index in [4.69, 9.17) is 0 Å². The van der Waals surface area contributed by atoms with Gasteiger partial charge in [-0.25, -0.2) is 19.0 Å². The largest absolute Gasteiger partial charge is 0.365 e. The molecular formula is C20H19FN6. The minimum atomic E-state index is -0.261. The van der Waals surface area contributed by atoms with Crippen LogP contribution in [-0.2, 0) is 13.0 Å². The van der Waals surface area contributed by atoms with Crippen molar-refractivity contribution < 1.29 is 4.39 Å². The predicted octanol–water partition coefficient (Wildman–Crippen LogP) is 3.45. The van der Waals surface area contributed by atoms with Crippen molar-refractivity contribution in [3.63, 3.8) is 0 Å². The molecule has 0 aliphatic carbocycles. The highest BCUT2D eigenvalue weighted by Crippen LogP contribution is 2.18. The second-order valence-corrected chi connectivity index (χ2v) is 6.50. The molecule has 2 aromatic heterocycles. The van der Waals surface area contributed by atoms with Crippen molar-refractivity contribution in [3.8, 4) is 0 Å². The number of nitrogens with zero attached hydrogens (tertiary/aromatic N) is 5. The molecule has 4 rings (SSSR count). The maximum Gasteiger partial charge on any atom is 0.184 e. The number of fused-ring (bicyclic) bond motifs is 1. The van der Waals surface area contributed by atoms with E-state index in [1.165, 1.54) is 24.0 Å². The second-order valence-electron chi connectivity index (χ2n) is 6.50. The van der Waals surface area contributed by atoms with E-state index < -0.39 is 0 Å². The molecule has 0 saturated heterocycles. The van der Waals surface area contributed by atoms with Gasteiger partial charge in [-0.3, -0.25) is 0 Å². The second kappa shape index (κ2) is 7.49. The van der Waals surface area contributed by atoms with Crippen LogP contribution in [0.4, 0.5) is 10.2 Å². The molecule has 1 atom stereocenters. The van der Waals surface area contributed by atoms with Crippen molar-refractivity contribution >= 4 is 17.0 Å². The SMILES string of the molecule is C[C@@H](Cc1ccccc1)Nc1ncnc2c1nnn2Cc1ccc(F)cc1. The summed E-state index contributed by atoms with van der Waals surface area (Å²) in [4.78, 5) is 8.65. The smallest absolute Gasteiger partial charge is 0.184 e. The normalized spacial score (nSPS) is 12.2. The van der Waals surface area contributed by atoms with E-state index in [1.54, 1.807) is 16.8 Å². The number of halogens is 1. The monoisotopic (exact) mass is 362 g/mol. The maximum absolute atomic E-state index is 13.1. The quantitative estimate of drug-likeness (QED) is 0.569. The number of hydrogen-bond donors (Lipinski definition) is 1. The van der Waals surface area contributed by atoms with Gasteiger partial charge >= 0.3 is 0 Å². The van der Waals surface area contributed by atoms with Crippen LogP contribution in [0.15, 0.2) is 60.9 Å². The van der Waals surface area contributed by atoms with Gasteiger partial charge < -0.3 is 5.32 Å². The minimum absolute atomic E-state index is 0.174. The Morgan fingerprint density at radius 1 is 1.00 bits per heavy atom. The van der Waals surface area contributed by atoms with Crippen LogP contribution < -0.4 is 5.32 Å². The van der Waals surface area contributed by atoms with E-state index in [1.807, 2.05) is 18.2 Å². The first-order chi connectivity index (χ1) is 13.2. The highest BCUT2D eigenvalue weighted by Gasteiger charge is 2.14. The number of anilines is 1.